The van der Waals surface area contributed by atoms with Gasteiger partial charge < -0.3 is 10.6 Å². The number of halogens is 2. The Hall–Kier alpha value is -2.44. The van der Waals surface area contributed by atoms with Crippen LogP contribution < -0.4 is 10.6 Å². The molecule has 0 aliphatic carbocycles. The first kappa shape index (κ1) is 19.3. The molecule has 1 heterocycles. The highest BCUT2D eigenvalue weighted by Gasteiger charge is 2.09. The second-order valence-corrected chi connectivity index (χ2v) is 7.01. The molecule has 27 heavy (non-hydrogen) atoms. The first-order valence-electron chi connectivity index (χ1n) is 8.60. The van der Waals surface area contributed by atoms with Crippen LogP contribution in [0, 0.1) is 12.7 Å². The van der Waals surface area contributed by atoms with E-state index in [9.17, 15) is 4.39 Å². The standard InChI is InChI=1S/C20H20ClFN4S/c1-3-14-4-8-17(9-5-14)23-20(27)24-19-10-13(2)26(25-19)12-15-6-7-16(22)11-18(15)21/h4-11H,3,12H2,1-2H3,(H2,23,24,25,27). The van der Waals surface area contributed by atoms with E-state index >= 15 is 0 Å². The summed E-state index contributed by atoms with van der Waals surface area (Å²) in [5, 5.41) is 11.6. The van der Waals surface area contributed by atoms with Crippen LogP contribution in [-0.4, -0.2) is 14.9 Å². The molecule has 0 unspecified atom stereocenters. The zero-order chi connectivity index (χ0) is 19.4. The van der Waals surface area contributed by atoms with E-state index in [0.29, 0.717) is 22.5 Å². The van der Waals surface area contributed by atoms with E-state index in [-0.39, 0.29) is 5.82 Å². The number of aromatic nitrogens is 2. The van der Waals surface area contributed by atoms with Crippen molar-refractivity contribution in [3.05, 3.63) is 76.2 Å². The average molecular weight is 403 g/mol. The quantitative estimate of drug-likeness (QED) is 0.560. The molecule has 7 heteroatoms. The van der Waals surface area contributed by atoms with Gasteiger partial charge in [-0.15, -0.1) is 0 Å². The van der Waals surface area contributed by atoms with Gasteiger partial charge in [0, 0.05) is 22.5 Å². The summed E-state index contributed by atoms with van der Waals surface area (Å²) in [7, 11) is 0. The SMILES string of the molecule is CCc1ccc(NC(=S)Nc2cc(C)n(Cc3ccc(F)cc3Cl)n2)cc1. The molecule has 3 rings (SSSR count). The van der Waals surface area contributed by atoms with Crippen LogP contribution in [0.3, 0.4) is 0 Å². The molecule has 0 radical (unpaired) electrons. The molecule has 0 aliphatic heterocycles. The number of nitrogens with one attached hydrogen (secondary N) is 2. The molecule has 140 valence electrons. The van der Waals surface area contributed by atoms with Gasteiger partial charge >= 0.3 is 0 Å². The van der Waals surface area contributed by atoms with Gasteiger partial charge in [0.1, 0.15) is 5.82 Å². The van der Waals surface area contributed by atoms with Gasteiger partial charge in [0.25, 0.3) is 0 Å². The number of anilines is 2. The van der Waals surface area contributed by atoms with Crippen LogP contribution in [0.5, 0.6) is 0 Å². The Balaban J connectivity index is 1.65. The minimum atomic E-state index is -0.355. The van der Waals surface area contributed by atoms with Crippen molar-refractivity contribution in [1.29, 1.82) is 0 Å². The fourth-order valence-electron chi connectivity index (χ4n) is 2.65. The molecule has 0 bridgehead atoms. The summed E-state index contributed by atoms with van der Waals surface area (Å²) in [6, 6.07) is 14.4. The maximum atomic E-state index is 13.2. The van der Waals surface area contributed by atoms with Crippen molar-refractivity contribution in [3.8, 4) is 0 Å². The zero-order valence-electron chi connectivity index (χ0n) is 15.1. The minimum Gasteiger partial charge on any atom is -0.332 e. The summed E-state index contributed by atoms with van der Waals surface area (Å²) in [5.74, 6) is 0.278. The third-order valence-corrected chi connectivity index (χ3v) is 4.73. The smallest absolute Gasteiger partial charge is 0.176 e. The molecule has 4 nitrogen and oxygen atoms in total. The van der Waals surface area contributed by atoms with E-state index in [1.807, 2.05) is 25.1 Å². The van der Waals surface area contributed by atoms with E-state index in [2.05, 4.69) is 34.8 Å². The highest BCUT2D eigenvalue weighted by molar-refractivity contribution is 7.80. The van der Waals surface area contributed by atoms with Crippen molar-refractivity contribution < 1.29 is 4.39 Å². The van der Waals surface area contributed by atoms with Gasteiger partial charge in [-0.05, 0) is 61.0 Å². The zero-order valence-corrected chi connectivity index (χ0v) is 16.7. The molecule has 0 amide bonds. The van der Waals surface area contributed by atoms with E-state index in [1.54, 1.807) is 10.7 Å². The number of benzene rings is 2. The molecule has 0 fully saturated rings. The molecular formula is C20H20ClFN4S. The van der Waals surface area contributed by atoms with Crippen LogP contribution in [0.15, 0.2) is 48.5 Å². The number of thiocarbonyl (C=S) groups is 1. The summed E-state index contributed by atoms with van der Waals surface area (Å²) < 4.78 is 15.0. The van der Waals surface area contributed by atoms with Crippen molar-refractivity contribution in [1.82, 2.24) is 9.78 Å². The van der Waals surface area contributed by atoms with E-state index in [4.69, 9.17) is 23.8 Å². The van der Waals surface area contributed by atoms with Gasteiger partial charge in [-0.3, -0.25) is 4.68 Å². The Kier molecular flexibility index (Phi) is 6.08. The molecule has 0 saturated carbocycles. The molecule has 0 spiro atoms. The van der Waals surface area contributed by atoms with Gasteiger partial charge in [0.05, 0.1) is 6.54 Å². The second kappa shape index (κ2) is 8.50. The molecule has 2 N–H and O–H groups in total. The Morgan fingerprint density at radius 2 is 1.89 bits per heavy atom. The molecule has 0 aliphatic rings. The summed E-state index contributed by atoms with van der Waals surface area (Å²) in [6.45, 7) is 4.51. The maximum Gasteiger partial charge on any atom is 0.176 e. The van der Waals surface area contributed by atoms with Crippen LogP contribution in [0.4, 0.5) is 15.9 Å². The topological polar surface area (TPSA) is 41.9 Å². The lowest BCUT2D eigenvalue weighted by atomic mass is 10.1. The van der Waals surface area contributed by atoms with Crippen molar-refractivity contribution in [2.45, 2.75) is 26.8 Å². The Bertz CT molecular complexity index is 953. The lowest BCUT2D eigenvalue weighted by Gasteiger charge is -2.09. The molecule has 1 aromatic heterocycles. The van der Waals surface area contributed by atoms with Gasteiger partial charge in [-0.2, -0.15) is 5.10 Å². The molecule has 0 saturated heterocycles. The first-order chi connectivity index (χ1) is 12.9. The van der Waals surface area contributed by atoms with Crippen LogP contribution >= 0.6 is 23.8 Å². The molecule has 0 atom stereocenters. The summed E-state index contributed by atoms with van der Waals surface area (Å²) in [6.07, 6.45) is 0.998. The third kappa shape index (κ3) is 5.05. The fourth-order valence-corrected chi connectivity index (χ4v) is 3.09. The maximum absolute atomic E-state index is 13.2. The normalized spacial score (nSPS) is 10.7. The Morgan fingerprint density at radius 1 is 1.15 bits per heavy atom. The fraction of sp³-hybridized carbons (Fsp3) is 0.200. The minimum absolute atomic E-state index is 0.355. The van der Waals surface area contributed by atoms with Crippen LogP contribution in [0.2, 0.25) is 5.02 Å². The largest absolute Gasteiger partial charge is 0.332 e. The van der Waals surface area contributed by atoms with Crippen LogP contribution in [0.25, 0.3) is 0 Å². The summed E-state index contributed by atoms with van der Waals surface area (Å²) in [5.41, 5.74) is 3.92. The van der Waals surface area contributed by atoms with Crippen molar-refractivity contribution >= 4 is 40.4 Å². The van der Waals surface area contributed by atoms with Crippen LogP contribution in [0.1, 0.15) is 23.7 Å². The van der Waals surface area contributed by atoms with Gasteiger partial charge in [-0.25, -0.2) is 4.39 Å². The van der Waals surface area contributed by atoms with Gasteiger partial charge in [0.15, 0.2) is 10.9 Å². The Morgan fingerprint density at radius 3 is 2.56 bits per heavy atom. The first-order valence-corrected chi connectivity index (χ1v) is 9.38. The van der Waals surface area contributed by atoms with Crippen molar-refractivity contribution in [3.63, 3.8) is 0 Å². The highest BCUT2D eigenvalue weighted by Crippen LogP contribution is 2.20. The Labute approximate surface area is 168 Å². The second-order valence-electron chi connectivity index (χ2n) is 6.19. The number of rotatable bonds is 5. The number of hydrogen-bond acceptors (Lipinski definition) is 2. The van der Waals surface area contributed by atoms with Crippen molar-refractivity contribution in [2.24, 2.45) is 0 Å². The van der Waals surface area contributed by atoms with Crippen LogP contribution in [-0.2, 0) is 13.0 Å². The average Bonchev–Trinajstić information content (AvgIpc) is 2.97. The lowest BCUT2D eigenvalue weighted by molar-refractivity contribution is 0.623. The monoisotopic (exact) mass is 402 g/mol. The highest BCUT2D eigenvalue weighted by atomic mass is 35.5. The summed E-state index contributed by atoms with van der Waals surface area (Å²) >= 11 is 11.5. The molecule has 2 aromatic carbocycles. The van der Waals surface area contributed by atoms with Gasteiger partial charge in [0.2, 0.25) is 0 Å². The number of hydrogen-bond donors (Lipinski definition) is 2. The van der Waals surface area contributed by atoms with Crippen molar-refractivity contribution in [2.75, 3.05) is 10.6 Å². The van der Waals surface area contributed by atoms with E-state index in [1.165, 1.54) is 17.7 Å². The van der Waals surface area contributed by atoms with E-state index in [0.717, 1.165) is 23.4 Å². The lowest BCUT2D eigenvalue weighted by Crippen LogP contribution is -2.19. The predicted octanol–water partition coefficient (Wildman–Crippen LogP) is 5.40. The molecular weight excluding hydrogens is 383 g/mol. The van der Waals surface area contributed by atoms with Gasteiger partial charge in [-0.1, -0.05) is 36.7 Å². The molecule has 3 aromatic rings. The number of nitrogens with zero attached hydrogens (tertiary/aromatic N) is 2. The van der Waals surface area contributed by atoms with E-state index < -0.39 is 0 Å². The number of aryl methyl sites for hydroxylation is 2. The summed E-state index contributed by atoms with van der Waals surface area (Å²) in [4.78, 5) is 0. The third-order valence-electron chi connectivity index (χ3n) is 4.18. The predicted molar refractivity (Wildman–Crippen MR) is 113 cm³/mol.